The lowest BCUT2D eigenvalue weighted by atomic mass is 10.1. The Balaban J connectivity index is 1.80. The minimum atomic E-state index is -0.849. The van der Waals surface area contributed by atoms with Gasteiger partial charge in [0.15, 0.2) is 0 Å². The maximum absolute atomic E-state index is 12.7. The highest BCUT2D eigenvalue weighted by Gasteiger charge is 2.29. The van der Waals surface area contributed by atoms with Gasteiger partial charge in [0.1, 0.15) is 0 Å². The second-order valence-corrected chi connectivity index (χ2v) is 6.52. The number of amides is 1. The van der Waals surface area contributed by atoms with Crippen LogP contribution in [0.4, 0.5) is 5.69 Å². The highest BCUT2D eigenvalue weighted by Crippen LogP contribution is 2.26. The van der Waals surface area contributed by atoms with Crippen LogP contribution in [-0.4, -0.2) is 52.5 Å². The van der Waals surface area contributed by atoms with E-state index in [4.69, 9.17) is 5.11 Å². The molecular weight excluding hydrogens is 288 g/mol. The van der Waals surface area contributed by atoms with Crippen molar-refractivity contribution in [2.24, 2.45) is 0 Å². The summed E-state index contributed by atoms with van der Waals surface area (Å²) in [6.07, 6.45) is 0.954. The molecule has 0 aliphatic carbocycles. The molecule has 1 atom stereocenters. The van der Waals surface area contributed by atoms with Gasteiger partial charge in [-0.3, -0.25) is 9.59 Å². The third-order valence-electron chi connectivity index (χ3n) is 3.96. The number of nitrogens with one attached hydrogen (secondary N) is 1. The predicted molar refractivity (Wildman–Crippen MR) is 83.0 cm³/mol. The zero-order valence-corrected chi connectivity index (χ0v) is 12.5. The van der Waals surface area contributed by atoms with Crippen LogP contribution in [0.1, 0.15) is 22.3 Å². The monoisotopic (exact) mass is 306 g/mol. The molecule has 0 saturated carbocycles. The number of hydrogen-bond donors (Lipinski definition) is 2. The second-order valence-electron chi connectivity index (χ2n) is 5.37. The number of fused-ring (bicyclic) bond motifs is 1. The fraction of sp³-hybridized carbons (Fsp3) is 0.467. The van der Waals surface area contributed by atoms with Gasteiger partial charge in [-0.05, 0) is 30.2 Å². The molecule has 1 aromatic carbocycles. The lowest BCUT2D eigenvalue weighted by molar-refractivity contribution is -0.138. The molecule has 1 fully saturated rings. The molecule has 0 spiro atoms. The lowest BCUT2D eigenvalue weighted by Crippen LogP contribution is -2.47. The Bertz CT molecular complexity index is 576. The molecular formula is C15H18N2O3S. The molecule has 0 bridgehead atoms. The van der Waals surface area contributed by atoms with Gasteiger partial charge in [-0.2, -0.15) is 11.8 Å². The molecule has 1 unspecified atom stereocenters. The Morgan fingerprint density at radius 2 is 2.29 bits per heavy atom. The van der Waals surface area contributed by atoms with Crippen LogP contribution in [0.3, 0.4) is 0 Å². The quantitative estimate of drug-likeness (QED) is 0.889. The van der Waals surface area contributed by atoms with Gasteiger partial charge in [0, 0.05) is 35.8 Å². The predicted octanol–water partition coefficient (Wildman–Crippen LogP) is 1.69. The fourth-order valence-electron chi connectivity index (χ4n) is 2.90. The molecule has 1 saturated heterocycles. The first-order valence-electron chi connectivity index (χ1n) is 7.12. The van der Waals surface area contributed by atoms with Crippen molar-refractivity contribution in [3.8, 4) is 0 Å². The van der Waals surface area contributed by atoms with Crippen LogP contribution in [0.5, 0.6) is 0 Å². The number of benzene rings is 1. The Kier molecular flexibility index (Phi) is 4.05. The Morgan fingerprint density at radius 1 is 1.43 bits per heavy atom. The lowest BCUT2D eigenvalue weighted by Gasteiger charge is -2.34. The van der Waals surface area contributed by atoms with Crippen LogP contribution in [0.15, 0.2) is 18.2 Å². The first-order chi connectivity index (χ1) is 10.1. The standard InChI is InChI=1S/C15H18N2O3S/c18-14(19)8-12-9-21-6-5-17(12)15(20)11-1-2-13-10(7-11)3-4-16-13/h1-2,7,12,16H,3-6,8-9H2,(H,18,19). The molecule has 1 amide bonds. The summed E-state index contributed by atoms with van der Waals surface area (Å²) in [6, 6.07) is 5.51. The normalized spacial score (nSPS) is 20.8. The van der Waals surface area contributed by atoms with E-state index in [2.05, 4.69) is 5.32 Å². The molecule has 2 N–H and O–H groups in total. The molecule has 0 radical (unpaired) electrons. The summed E-state index contributed by atoms with van der Waals surface area (Å²) in [7, 11) is 0. The van der Waals surface area contributed by atoms with E-state index in [1.807, 2.05) is 18.2 Å². The van der Waals surface area contributed by atoms with Crippen LogP contribution in [0.2, 0.25) is 0 Å². The van der Waals surface area contributed by atoms with E-state index in [1.165, 1.54) is 5.56 Å². The van der Waals surface area contributed by atoms with Crippen LogP contribution >= 0.6 is 11.8 Å². The summed E-state index contributed by atoms with van der Waals surface area (Å²) in [4.78, 5) is 25.4. The van der Waals surface area contributed by atoms with E-state index in [-0.39, 0.29) is 18.4 Å². The van der Waals surface area contributed by atoms with Crippen LogP contribution in [-0.2, 0) is 11.2 Å². The minimum absolute atomic E-state index is 0.0191. The number of carboxylic acid groups (broad SMARTS) is 1. The van der Waals surface area contributed by atoms with E-state index in [0.717, 1.165) is 24.4 Å². The highest BCUT2D eigenvalue weighted by atomic mass is 32.2. The number of thioether (sulfide) groups is 1. The van der Waals surface area contributed by atoms with E-state index in [9.17, 15) is 9.59 Å². The zero-order valence-electron chi connectivity index (χ0n) is 11.7. The van der Waals surface area contributed by atoms with Gasteiger partial charge in [-0.1, -0.05) is 0 Å². The average Bonchev–Trinajstić information content (AvgIpc) is 2.94. The zero-order chi connectivity index (χ0) is 14.8. The van der Waals surface area contributed by atoms with Crippen molar-refractivity contribution >= 4 is 29.3 Å². The molecule has 2 aliphatic heterocycles. The number of nitrogens with zero attached hydrogens (tertiary/aromatic N) is 1. The Morgan fingerprint density at radius 3 is 3.10 bits per heavy atom. The SMILES string of the molecule is O=C(O)CC1CSCCN1C(=O)c1ccc2c(c1)CCN2. The molecule has 112 valence electrons. The maximum Gasteiger partial charge on any atom is 0.305 e. The van der Waals surface area contributed by atoms with Crippen LogP contribution < -0.4 is 5.32 Å². The summed E-state index contributed by atoms with van der Waals surface area (Å²) in [5, 5.41) is 12.3. The molecule has 21 heavy (non-hydrogen) atoms. The van der Waals surface area contributed by atoms with E-state index >= 15 is 0 Å². The van der Waals surface area contributed by atoms with Gasteiger partial charge in [-0.15, -0.1) is 0 Å². The smallest absolute Gasteiger partial charge is 0.305 e. The third kappa shape index (κ3) is 3.00. The van der Waals surface area contributed by atoms with Crippen molar-refractivity contribution in [1.29, 1.82) is 0 Å². The van der Waals surface area contributed by atoms with Gasteiger partial charge in [0.05, 0.1) is 12.5 Å². The molecule has 5 nitrogen and oxygen atoms in total. The molecule has 3 rings (SSSR count). The van der Waals surface area contributed by atoms with E-state index in [1.54, 1.807) is 16.7 Å². The van der Waals surface area contributed by atoms with Crippen LogP contribution in [0, 0.1) is 0 Å². The molecule has 1 aromatic rings. The van der Waals surface area contributed by atoms with Gasteiger partial charge in [0.2, 0.25) is 0 Å². The summed E-state index contributed by atoms with van der Waals surface area (Å²) >= 11 is 1.71. The average molecular weight is 306 g/mol. The van der Waals surface area contributed by atoms with Crippen molar-refractivity contribution < 1.29 is 14.7 Å². The molecule has 0 aromatic heterocycles. The largest absolute Gasteiger partial charge is 0.481 e. The maximum atomic E-state index is 12.7. The van der Waals surface area contributed by atoms with E-state index in [0.29, 0.717) is 17.9 Å². The van der Waals surface area contributed by atoms with Crippen molar-refractivity contribution in [3.63, 3.8) is 0 Å². The number of carboxylic acids is 1. The Hall–Kier alpha value is -1.69. The summed E-state index contributed by atoms with van der Waals surface area (Å²) in [6.45, 7) is 1.53. The number of hydrogen-bond acceptors (Lipinski definition) is 4. The number of carbonyl (C=O) groups excluding carboxylic acids is 1. The Labute approximate surface area is 127 Å². The summed E-state index contributed by atoms with van der Waals surface area (Å²) in [5.74, 6) is 0.675. The fourth-order valence-corrected chi connectivity index (χ4v) is 3.96. The summed E-state index contributed by atoms with van der Waals surface area (Å²) < 4.78 is 0. The second kappa shape index (κ2) is 5.97. The topological polar surface area (TPSA) is 69.6 Å². The first-order valence-corrected chi connectivity index (χ1v) is 8.28. The third-order valence-corrected chi connectivity index (χ3v) is 5.05. The van der Waals surface area contributed by atoms with Gasteiger partial charge < -0.3 is 15.3 Å². The molecule has 2 aliphatic rings. The minimum Gasteiger partial charge on any atom is -0.481 e. The number of aliphatic carboxylic acids is 1. The van der Waals surface area contributed by atoms with Gasteiger partial charge in [0.25, 0.3) is 5.91 Å². The van der Waals surface area contributed by atoms with Crippen molar-refractivity contribution in [2.75, 3.05) is 29.9 Å². The molecule has 6 heteroatoms. The summed E-state index contributed by atoms with van der Waals surface area (Å²) in [5.41, 5.74) is 2.93. The van der Waals surface area contributed by atoms with Crippen molar-refractivity contribution in [3.05, 3.63) is 29.3 Å². The number of carbonyl (C=O) groups is 2. The van der Waals surface area contributed by atoms with E-state index < -0.39 is 5.97 Å². The van der Waals surface area contributed by atoms with Gasteiger partial charge in [-0.25, -0.2) is 0 Å². The first kappa shape index (κ1) is 14.3. The number of rotatable bonds is 3. The van der Waals surface area contributed by atoms with Crippen LogP contribution in [0.25, 0.3) is 0 Å². The molecule has 2 heterocycles. The van der Waals surface area contributed by atoms with Crippen molar-refractivity contribution in [1.82, 2.24) is 4.90 Å². The van der Waals surface area contributed by atoms with Crippen molar-refractivity contribution in [2.45, 2.75) is 18.9 Å². The highest BCUT2D eigenvalue weighted by molar-refractivity contribution is 7.99. The number of anilines is 1. The van der Waals surface area contributed by atoms with Gasteiger partial charge >= 0.3 is 5.97 Å².